The van der Waals surface area contributed by atoms with Gasteiger partial charge in [-0.25, -0.2) is 13.2 Å². The first-order valence-corrected chi connectivity index (χ1v) is 11.0. The molecule has 1 unspecified atom stereocenters. The second-order valence-electron chi connectivity index (χ2n) is 6.63. The molecule has 31 heavy (non-hydrogen) atoms. The molecule has 3 aromatic carbocycles. The highest BCUT2D eigenvalue weighted by Crippen LogP contribution is 2.24. The Labute approximate surface area is 181 Å². The molecule has 0 aliphatic rings. The number of hydrogen-bond donors (Lipinski definition) is 1. The minimum Gasteiger partial charge on any atom is -0.444 e. The number of benzene rings is 3. The van der Waals surface area contributed by atoms with Crippen molar-refractivity contribution in [3.63, 3.8) is 0 Å². The van der Waals surface area contributed by atoms with Crippen molar-refractivity contribution in [2.24, 2.45) is 5.73 Å². The van der Waals surface area contributed by atoms with Crippen molar-refractivity contribution in [1.29, 1.82) is 0 Å². The van der Waals surface area contributed by atoms with Gasteiger partial charge in [-0.05, 0) is 43.3 Å². The molecule has 0 aliphatic heterocycles. The fourth-order valence-corrected chi connectivity index (χ4v) is 4.54. The van der Waals surface area contributed by atoms with Crippen molar-refractivity contribution in [1.82, 2.24) is 0 Å². The first-order valence-electron chi connectivity index (χ1n) is 9.57. The van der Waals surface area contributed by atoms with E-state index in [9.17, 15) is 18.0 Å². The Morgan fingerprint density at radius 1 is 0.903 bits per heavy atom. The Balaban J connectivity index is 1.82. The molecule has 7 nitrogen and oxygen atoms in total. The summed E-state index contributed by atoms with van der Waals surface area (Å²) < 4.78 is 32.6. The SMILES string of the molecule is CCN(c1ccccc1)S(=O)(=O)c1ccc(C(=O)OC(C(N)=O)c2ccccc2)cc1. The molecule has 0 aromatic heterocycles. The van der Waals surface area contributed by atoms with Gasteiger partial charge < -0.3 is 10.5 Å². The highest BCUT2D eigenvalue weighted by Gasteiger charge is 2.26. The third-order valence-electron chi connectivity index (χ3n) is 4.60. The molecular formula is C23H22N2O5S. The van der Waals surface area contributed by atoms with Crippen LogP contribution in [-0.2, 0) is 19.6 Å². The van der Waals surface area contributed by atoms with Crippen LogP contribution in [0.4, 0.5) is 5.69 Å². The molecule has 0 bridgehead atoms. The number of anilines is 1. The van der Waals surface area contributed by atoms with Gasteiger partial charge in [0.05, 0.1) is 16.1 Å². The Kier molecular flexibility index (Phi) is 6.71. The predicted molar refractivity (Wildman–Crippen MR) is 117 cm³/mol. The Hall–Kier alpha value is -3.65. The fraction of sp³-hybridized carbons (Fsp3) is 0.130. The normalized spacial score (nSPS) is 12.0. The average Bonchev–Trinajstić information content (AvgIpc) is 2.79. The summed E-state index contributed by atoms with van der Waals surface area (Å²) in [6, 6.07) is 22.5. The van der Waals surface area contributed by atoms with Crippen molar-refractivity contribution in [2.75, 3.05) is 10.8 Å². The molecule has 3 rings (SSSR count). The predicted octanol–water partition coefficient (Wildman–Crippen LogP) is 3.29. The number of carbonyl (C=O) groups is 2. The van der Waals surface area contributed by atoms with Crippen LogP contribution in [0.1, 0.15) is 28.9 Å². The number of nitrogens with two attached hydrogens (primary N) is 1. The molecule has 0 aliphatic carbocycles. The maximum Gasteiger partial charge on any atom is 0.339 e. The summed E-state index contributed by atoms with van der Waals surface area (Å²) in [5.41, 5.74) is 6.47. The highest BCUT2D eigenvalue weighted by atomic mass is 32.2. The minimum absolute atomic E-state index is 0.0317. The van der Waals surface area contributed by atoms with Crippen LogP contribution >= 0.6 is 0 Å². The van der Waals surface area contributed by atoms with E-state index < -0.39 is 28.0 Å². The summed E-state index contributed by atoms with van der Waals surface area (Å²) in [6.45, 7) is 1.98. The van der Waals surface area contributed by atoms with Crippen molar-refractivity contribution in [3.8, 4) is 0 Å². The number of rotatable bonds is 8. The standard InChI is InChI=1S/C23H22N2O5S/c1-2-25(19-11-7-4-8-12-19)31(28,29)20-15-13-18(14-16-20)23(27)30-21(22(24)26)17-9-5-3-6-10-17/h3-16,21H,2H2,1H3,(H2,24,26). The van der Waals surface area contributed by atoms with Gasteiger partial charge in [-0.15, -0.1) is 0 Å². The van der Waals surface area contributed by atoms with Gasteiger partial charge >= 0.3 is 5.97 Å². The average molecular weight is 439 g/mol. The van der Waals surface area contributed by atoms with Gasteiger partial charge in [0.15, 0.2) is 0 Å². The van der Waals surface area contributed by atoms with Crippen LogP contribution in [0.3, 0.4) is 0 Å². The van der Waals surface area contributed by atoms with Crippen molar-refractivity contribution in [2.45, 2.75) is 17.9 Å². The number of hydrogen-bond acceptors (Lipinski definition) is 5. The number of para-hydroxylation sites is 1. The Morgan fingerprint density at radius 3 is 1.97 bits per heavy atom. The number of amides is 1. The molecule has 0 saturated heterocycles. The smallest absolute Gasteiger partial charge is 0.339 e. The van der Waals surface area contributed by atoms with E-state index in [1.165, 1.54) is 28.6 Å². The topological polar surface area (TPSA) is 107 Å². The summed E-state index contributed by atoms with van der Waals surface area (Å²) in [5.74, 6) is -1.59. The number of nitrogens with zero attached hydrogens (tertiary/aromatic N) is 1. The lowest BCUT2D eigenvalue weighted by Crippen LogP contribution is -2.30. The minimum atomic E-state index is -3.82. The quantitative estimate of drug-likeness (QED) is 0.543. The lowest BCUT2D eigenvalue weighted by atomic mass is 10.1. The molecule has 1 atom stereocenters. The molecule has 0 saturated carbocycles. The van der Waals surface area contributed by atoms with E-state index in [4.69, 9.17) is 10.5 Å². The van der Waals surface area contributed by atoms with E-state index >= 15 is 0 Å². The molecule has 8 heteroatoms. The summed E-state index contributed by atoms with van der Waals surface area (Å²) in [5, 5.41) is 0. The Morgan fingerprint density at radius 2 is 1.45 bits per heavy atom. The van der Waals surface area contributed by atoms with Gasteiger partial charge in [0, 0.05) is 12.1 Å². The van der Waals surface area contributed by atoms with E-state index in [2.05, 4.69) is 0 Å². The van der Waals surface area contributed by atoms with Crippen LogP contribution in [-0.4, -0.2) is 26.8 Å². The second kappa shape index (κ2) is 9.44. The molecule has 160 valence electrons. The molecular weight excluding hydrogens is 416 g/mol. The van der Waals surface area contributed by atoms with E-state index in [1.807, 2.05) is 0 Å². The molecule has 0 fully saturated rings. The van der Waals surface area contributed by atoms with Crippen LogP contribution in [0.2, 0.25) is 0 Å². The molecule has 2 N–H and O–H groups in total. The van der Waals surface area contributed by atoms with Crippen LogP contribution in [0, 0.1) is 0 Å². The van der Waals surface area contributed by atoms with Crippen LogP contribution < -0.4 is 10.0 Å². The number of sulfonamides is 1. The zero-order chi connectivity index (χ0) is 22.4. The Bertz CT molecular complexity index is 1150. The summed E-state index contributed by atoms with van der Waals surface area (Å²) in [6.07, 6.45) is -1.24. The summed E-state index contributed by atoms with van der Waals surface area (Å²) in [4.78, 5) is 24.3. The van der Waals surface area contributed by atoms with Crippen LogP contribution in [0.15, 0.2) is 89.8 Å². The molecule has 3 aromatic rings. The van der Waals surface area contributed by atoms with Crippen molar-refractivity contribution >= 4 is 27.6 Å². The zero-order valence-corrected chi connectivity index (χ0v) is 17.7. The van der Waals surface area contributed by atoms with Gasteiger partial charge in [-0.1, -0.05) is 48.5 Å². The van der Waals surface area contributed by atoms with Gasteiger partial charge in [-0.2, -0.15) is 0 Å². The lowest BCUT2D eigenvalue weighted by molar-refractivity contribution is -0.127. The van der Waals surface area contributed by atoms with E-state index in [1.54, 1.807) is 67.6 Å². The number of esters is 1. The highest BCUT2D eigenvalue weighted by molar-refractivity contribution is 7.92. The van der Waals surface area contributed by atoms with Crippen molar-refractivity contribution < 1.29 is 22.7 Å². The summed E-state index contributed by atoms with van der Waals surface area (Å²) in [7, 11) is -3.82. The number of ether oxygens (including phenoxy) is 1. The molecule has 0 spiro atoms. The molecule has 0 heterocycles. The van der Waals surface area contributed by atoms with Gasteiger partial charge in [0.1, 0.15) is 0 Å². The van der Waals surface area contributed by atoms with Gasteiger partial charge in [0.2, 0.25) is 6.10 Å². The first kappa shape index (κ1) is 22.0. The molecule has 1 amide bonds. The third kappa shape index (κ3) is 4.92. The van der Waals surface area contributed by atoms with Crippen LogP contribution in [0.5, 0.6) is 0 Å². The number of primary amides is 1. The largest absolute Gasteiger partial charge is 0.444 e. The second-order valence-corrected chi connectivity index (χ2v) is 8.49. The van der Waals surface area contributed by atoms with Gasteiger partial charge in [-0.3, -0.25) is 9.10 Å². The van der Waals surface area contributed by atoms with E-state index in [0.717, 1.165) is 0 Å². The maximum atomic E-state index is 13.0. The summed E-state index contributed by atoms with van der Waals surface area (Å²) >= 11 is 0. The monoisotopic (exact) mass is 438 g/mol. The zero-order valence-electron chi connectivity index (χ0n) is 16.8. The number of carbonyl (C=O) groups excluding carboxylic acids is 2. The molecule has 0 radical (unpaired) electrons. The van der Waals surface area contributed by atoms with E-state index in [0.29, 0.717) is 11.3 Å². The van der Waals surface area contributed by atoms with Crippen LogP contribution in [0.25, 0.3) is 0 Å². The fourth-order valence-electron chi connectivity index (χ4n) is 3.07. The lowest BCUT2D eigenvalue weighted by Gasteiger charge is -2.23. The van der Waals surface area contributed by atoms with E-state index in [-0.39, 0.29) is 17.0 Å². The first-order chi connectivity index (χ1) is 14.8. The maximum absolute atomic E-state index is 13.0. The van der Waals surface area contributed by atoms with Gasteiger partial charge in [0.25, 0.3) is 15.9 Å². The third-order valence-corrected chi connectivity index (χ3v) is 6.51. The van der Waals surface area contributed by atoms with Crippen molar-refractivity contribution in [3.05, 3.63) is 96.1 Å².